The zero-order valence-electron chi connectivity index (χ0n) is 11.5. The van der Waals surface area contributed by atoms with E-state index in [4.69, 9.17) is 11.6 Å². The fraction of sp³-hybridized carbons (Fsp3) is 0.214. The molecule has 0 aliphatic rings. The second kappa shape index (κ2) is 7.92. The van der Waals surface area contributed by atoms with Gasteiger partial charge in [-0.05, 0) is 48.6 Å². The monoisotopic (exact) mass is 360 g/mol. The van der Waals surface area contributed by atoms with Crippen LogP contribution in [-0.2, 0) is 10.0 Å². The Morgan fingerprint density at radius 2 is 1.91 bits per heavy atom. The van der Waals surface area contributed by atoms with Gasteiger partial charge < -0.3 is 0 Å². The number of halogens is 2. The summed E-state index contributed by atoms with van der Waals surface area (Å²) in [5.74, 6) is 0.459. The fourth-order valence-electron chi connectivity index (χ4n) is 1.60. The maximum Gasteiger partial charge on any atom is 0.242 e. The first-order chi connectivity index (χ1) is 10.5. The quantitative estimate of drug-likeness (QED) is 0.467. The summed E-state index contributed by atoms with van der Waals surface area (Å²) in [7, 11) is -3.56. The van der Waals surface area contributed by atoms with Crippen LogP contribution >= 0.6 is 23.4 Å². The van der Waals surface area contributed by atoms with Crippen LogP contribution in [0.4, 0.5) is 4.39 Å². The van der Waals surface area contributed by atoms with Crippen molar-refractivity contribution in [2.45, 2.75) is 16.2 Å². The van der Waals surface area contributed by atoms with Gasteiger partial charge in [-0.2, -0.15) is 0 Å². The number of thioether (sulfide) groups is 1. The number of aromatic nitrogens is 1. The van der Waals surface area contributed by atoms with Gasteiger partial charge in [-0.25, -0.2) is 22.5 Å². The zero-order chi connectivity index (χ0) is 16.0. The van der Waals surface area contributed by atoms with Crippen LogP contribution in [0.15, 0.2) is 52.4 Å². The fourth-order valence-corrected chi connectivity index (χ4v) is 3.59. The highest BCUT2D eigenvalue weighted by Crippen LogP contribution is 2.18. The van der Waals surface area contributed by atoms with Gasteiger partial charge in [0.15, 0.2) is 0 Å². The van der Waals surface area contributed by atoms with Gasteiger partial charge in [0.2, 0.25) is 10.0 Å². The average Bonchev–Trinajstić information content (AvgIpc) is 2.49. The highest BCUT2D eigenvalue weighted by molar-refractivity contribution is 7.99. The van der Waals surface area contributed by atoms with Crippen molar-refractivity contribution in [1.82, 2.24) is 9.71 Å². The predicted molar refractivity (Wildman–Crippen MR) is 86.2 cm³/mol. The van der Waals surface area contributed by atoms with Crippen molar-refractivity contribution in [1.29, 1.82) is 0 Å². The molecule has 2 aromatic rings. The highest BCUT2D eigenvalue weighted by atomic mass is 35.5. The van der Waals surface area contributed by atoms with E-state index in [2.05, 4.69) is 9.71 Å². The molecule has 8 heteroatoms. The van der Waals surface area contributed by atoms with Gasteiger partial charge in [0, 0.05) is 17.6 Å². The van der Waals surface area contributed by atoms with Crippen molar-refractivity contribution < 1.29 is 12.8 Å². The summed E-state index contributed by atoms with van der Waals surface area (Å²) in [6.45, 7) is 0.319. The third-order valence-corrected chi connectivity index (χ3v) is 5.47. The summed E-state index contributed by atoms with van der Waals surface area (Å²) >= 11 is 7.17. The molecule has 1 N–H and O–H groups in total. The van der Waals surface area contributed by atoms with E-state index in [1.54, 1.807) is 23.9 Å². The van der Waals surface area contributed by atoms with Gasteiger partial charge in [0.1, 0.15) is 15.9 Å². The van der Waals surface area contributed by atoms with Gasteiger partial charge in [0.05, 0.1) is 0 Å². The molecule has 0 spiro atoms. The van der Waals surface area contributed by atoms with Crippen molar-refractivity contribution in [2.75, 3.05) is 12.3 Å². The number of hydrogen-bond donors (Lipinski definition) is 1. The van der Waals surface area contributed by atoms with E-state index in [0.717, 1.165) is 10.6 Å². The van der Waals surface area contributed by atoms with Gasteiger partial charge in [-0.1, -0.05) is 11.6 Å². The minimum absolute atomic E-state index is 0.0862. The third-order valence-electron chi connectivity index (χ3n) is 2.71. The van der Waals surface area contributed by atoms with E-state index in [9.17, 15) is 12.8 Å². The highest BCUT2D eigenvalue weighted by Gasteiger charge is 2.13. The molecule has 1 aromatic heterocycles. The normalized spacial score (nSPS) is 11.5. The van der Waals surface area contributed by atoms with Gasteiger partial charge >= 0.3 is 0 Å². The molecule has 1 aromatic carbocycles. The molecule has 0 saturated heterocycles. The summed E-state index contributed by atoms with van der Waals surface area (Å²) in [6, 6.07) is 9.04. The molecule has 0 aliphatic carbocycles. The SMILES string of the molecule is O=S(=O)(NCCCSc1ccc(F)cc1)c1ccc(Cl)nc1. The summed E-state index contributed by atoms with van der Waals surface area (Å²) in [6.07, 6.45) is 1.88. The molecule has 0 aliphatic heterocycles. The number of sulfonamides is 1. The maximum absolute atomic E-state index is 12.7. The first kappa shape index (κ1) is 17.2. The number of hydrogen-bond acceptors (Lipinski definition) is 4. The van der Waals surface area contributed by atoms with Crippen LogP contribution in [0, 0.1) is 5.82 Å². The average molecular weight is 361 g/mol. The number of rotatable bonds is 7. The Kier molecular flexibility index (Phi) is 6.19. The second-order valence-electron chi connectivity index (χ2n) is 4.37. The van der Waals surface area contributed by atoms with Crippen LogP contribution in [0.1, 0.15) is 6.42 Å². The van der Waals surface area contributed by atoms with Crippen LogP contribution in [0.25, 0.3) is 0 Å². The van der Waals surface area contributed by atoms with E-state index in [-0.39, 0.29) is 15.9 Å². The van der Waals surface area contributed by atoms with Crippen LogP contribution < -0.4 is 4.72 Å². The molecule has 0 fully saturated rings. The molecule has 4 nitrogen and oxygen atoms in total. The van der Waals surface area contributed by atoms with Crippen LogP contribution in [0.3, 0.4) is 0 Å². The molecule has 1 heterocycles. The minimum atomic E-state index is -3.56. The Bertz CT molecular complexity index is 707. The summed E-state index contributed by atoms with van der Waals surface area (Å²) in [4.78, 5) is 4.78. The van der Waals surface area contributed by atoms with Crippen molar-refractivity contribution in [2.24, 2.45) is 0 Å². The molecule has 0 bridgehead atoms. The molecule has 2 rings (SSSR count). The van der Waals surface area contributed by atoms with Crippen molar-refractivity contribution in [3.63, 3.8) is 0 Å². The lowest BCUT2D eigenvalue weighted by Crippen LogP contribution is -2.25. The Labute approximate surface area is 138 Å². The lowest BCUT2D eigenvalue weighted by atomic mass is 10.4. The van der Waals surface area contributed by atoms with Gasteiger partial charge in [0.25, 0.3) is 0 Å². The minimum Gasteiger partial charge on any atom is -0.243 e. The van der Waals surface area contributed by atoms with Gasteiger partial charge in [-0.15, -0.1) is 11.8 Å². The van der Waals surface area contributed by atoms with Crippen molar-refractivity contribution >= 4 is 33.4 Å². The topological polar surface area (TPSA) is 59.1 Å². The number of pyridine rings is 1. The molecule has 0 amide bonds. The van der Waals surface area contributed by atoms with E-state index in [1.165, 1.54) is 30.5 Å². The molecule has 118 valence electrons. The van der Waals surface area contributed by atoms with Crippen molar-refractivity contribution in [3.05, 3.63) is 53.6 Å². The van der Waals surface area contributed by atoms with Crippen LogP contribution in [0.2, 0.25) is 5.15 Å². The molecule has 22 heavy (non-hydrogen) atoms. The standard InChI is InChI=1S/C14H14ClFN2O2S2/c15-14-7-6-13(10-17-14)22(19,20)18-8-1-9-21-12-4-2-11(16)3-5-12/h2-7,10,18H,1,8-9H2. The third kappa shape index (κ3) is 5.24. The first-order valence-corrected chi connectivity index (χ1v) is 9.32. The molecule has 0 radical (unpaired) electrons. The maximum atomic E-state index is 12.7. The first-order valence-electron chi connectivity index (χ1n) is 6.47. The zero-order valence-corrected chi connectivity index (χ0v) is 13.9. The second-order valence-corrected chi connectivity index (χ2v) is 7.69. The Morgan fingerprint density at radius 3 is 2.55 bits per heavy atom. The summed E-state index contributed by atoms with van der Waals surface area (Å²) in [5.41, 5.74) is 0. The van der Waals surface area contributed by atoms with E-state index in [0.29, 0.717) is 13.0 Å². The predicted octanol–water partition coefficient (Wildman–Crippen LogP) is 3.33. The largest absolute Gasteiger partial charge is 0.243 e. The number of benzene rings is 1. The molecular formula is C14H14ClFN2O2S2. The van der Waals surface area contributed by atoms with E-state index in [1.807, 2.05) is 0 Å². The van der Waals surface area contributed by atoms with E-state index < -0.39 is 10.0 Å². The summed E-state index contributed by atoms with van der Waals surface area (Å²) in [5, 5.41) is 0.245. The summed E-state index contributed by atoms with van der Waals surface area (Å²) < 4.78 is 39.2. The molecular weight excluding hydrogens is 347 g/mol. The Morgan fingerprint density at radius 1 is 1.18 bits per heavy atom. The van der Waals surface area contributed by atoms with Crippen molar-refractivity contribution in [3.8, 4) is 0 Å². The lowest BCUT2D eigenvalue weighted by molar-refractivity contribution is 0.580. The number of nitrogens with one attached hydrogen (secondary N) is 1. The molecule has 0 saturated carbocycles. The molecule has 0 unspecified atom stereocenters. The van der Waals surface area contributed by atoms with Crippen LogP contribution in [-0.4, -0.2) is 25.7 Å². The van der Waals surface area contributed by atoms with Gasteiger partial charge in [-0.3, -0.25) is 0 Å². The lowest BCUT2D eigenvalue weighted by Gasteiger charge is -2.06. The van der Waals surface area contributed by atoms with E-state index >= 15 is 0 Å². The smallest absolute Gasteiger partial charge is 0.242 e. The number of nitrogens with zero attached hydrogens (tertiary/aromatic N) is 1. The Hall–Kier alpha value is -1.15. The Balaban J connectivity index is 1.76. The van der Waals surface area contributed by atoms with Crippen LogP contribution in [0.5, 0.6) is 0 Å². The molecule has 0 atom stereocenters.